The summed E-state index contributed by atoms with van der Waals surface area (Å²) >= 11 is 1.57. The van der Waals surface area contributed by atoms with E-state index in [0.29, 0.717) is 0 Å². The molecule has 5 nitrogen and oxygen atoms in total. The Morgan fingerprint density at radius 3 is 3.06 bits per heavy atom. The topological polar surface area (TPSA) is 50.3 Å². The Morgan fingerprint density at radius 1 is 1.56 bits per heavy atom. The minimum Gasteiger partial charge on any atom is -0.375 e. The van der Waals surface area contributed by atoms with Crippen molar-refractivity contribution in [1.29, 1.82) is 0 Å². The molecule has 0 spiro atoms. The first-order chi connectivity index (χ1) is 8.72. The average Bonchev–Trinajstić information content (AvgIpc) is 2.39. The fourth-order valence-corrected chi connectivity index (χ4v) is 2.34. The molecule has 100 valence electrons. The lowest BCUT2D eigenvalue weighted by molar-refractivity contribution is 0.0529. The van der Waals surface area contributed by atoms with Gasteiger partial charge in [0.05, 0.1) is 12.7 Å². The number of hydrogen-bond donors (Lipinski definition) is 1. The van der Waals surface area contributed by atoms with Crippen LogP contribution in [0.5, 0.6) is 0 Å². The highest BCUT2D eigenvalue weighted by Crippen LogP contribution is 2.22. The van der Waals surface area contributed by atoms with E-state index in [1.165, 1.54) is 0 Å². The van der Waals surface area contributed by atoms with E-state index < -0.39 is 0 Å². The lowest BCUT2D eigenvalue weighted by Crippen LogP contribution is -2.41. The fraction of sp³-hybridized carbons (Fsp3) is 0.667. The third-order valence-corrected chi connectivity index (χ3v) is 3.35. The molecule has 0 amide bonds. The second kappa shape index (κ2) is 6.24. The number of nitrogens with zero attached hydrogens (tertiary/aromatic N) is 3. The molecule has 1 N–H and O–H groups in total. The Kier molecular flexibility index (Phi) is 4.66. The Bertz CT molecular complexity index is 402. The Hall–Kier alpha value is -1.01. The molecule has 1 aromatic heterocycles. The highest BCUT2D eigenvalue weighted by atomic mass is 32.2. The van der Waals surface area contributed by atoms with E-state index in [9.17, 15) is 0 Å². The molecule has 2 rings (SSSR count). The van der Waals surface area contributed by atoms with Crippen molar-refractivity contribution in [3.8, 4) is 0 Å². The molecular formula is C12H20N4OS. The van der Waals surface area contributed by atoms with Crippen LogP contribution < -0.4 is 10.2 Å². The van der Waals surface area contributed by atoms with Gasteiger partial charge in [0, 0.05) is 25.7 Å². The van der Waals surface area contributed by atoms with Gasteiger partial charge in [0.25, 0.3) is 0 Å². The summed E-state index contributed by atoms with van der Waals surface area (Å²) in [7, 11) is 0. The maximum atomic E-state index is 5.56. The van der Waals surface area contributed by atoms with Crippen molar-refractivity contribution >= 4 is 23.4 Å². The third-order valence-electron chi connectivity index (χ3n) is 2.80. The average molecular weight is 268 g/mol. The smallest absolute Gasteiger partial charge is 0.191 e. The van der Waals surface area contributed by atoms with Gasteiger partial charge in [-0.1, -0.05) is 11.8 Å². The third kappa shape index (κ3) is 3.26. The highest BCUT2D eigenvalue weighted by molar-refractivity contribution is 7.98. The largest absolute Gasteiger partial charge is 0.375 e. The number of nitrogens with one attached hydrogen (secondary N) is 1. The molecule has 0 aromatic carbocycles. The summed E-state index contributed by atoms with van der Waals surface area (Å²) in [5.74, 6) is 1.88. The van der Waals surface area contributed by atoms with Gasteiger partial charge in [0.2, 0.25) is 0 Å². The van der Waals surface area contributed by atoms with Crippen LogP contribution in [0.15, 0.2) is 11.2 Å². The van der Waals surface area contributed by atoms with Gasteiger partial charge in [-0.05, 0) is 20.1 Å². The second-order valence-electron chi connectivity index (χ2n) is 4.26. The van der Waals surface area contributed by atoms with Crippen LogP contribution >= 0.6 is 11.8 Å². The number of anilines is 2. The van der Waals surface area contributed by atoms with E-state index >= 15 is 0 Å². The van der Waals surface area contributed by atoms with Crippen molar-refractivity contribution in [1.82, 2.24) is 9.97 Å². The first-order valence-corrected chi connectivity index (χ1v) is 7.49. The van der Waals surface area contributed by atoms with Gasteiger partial charge < -0.3 is 15.0 Å². The van der Waals surface area contributed by atoms with Crippen LogP contribution in [0.4, 0.5) is 11.6 Å². The Morgan fingerprint density at radius 2 is 2.39 bits per heavy atom. The summed E-state index contributed by atoms with van der Waals surface area (Å²) in [6.07, 6.45) is 2.26. The number of morpholine rings is 1. The van der Waals surface area contributed by atoms with Crippen LogP contribution in [0.25, 0.3) is 0 Å². The van der Waals surface area contributed by atoms with Crippen molar-refractivity contribution in [2.24, 2.45) is 0 Å². The zero-order chi connectivity index (χ0) is 13.0. The van der Waals surface area contributed by atoms with Gasteiger partial charge in [-0.2, -0.15) is 0 Å². The summed E-state index contributed by atoms with van der Waals surface area (Å²) in [6.45, 7) is 7.56. The van der Waals surface area contributed by atoms with E-state index in [1.54, 1.807) is 11.8 Å². The van der Waals surface area contributed by atoms with Crippen LogP contribution in [0, 0.1) is 0 Å². The quantitative estimate of drug-likeness (QED) is 0.664. The minimum atomic E-state index is 0.258. The predicted octanol–water partition coefficient (Wildman–Crippen LogP) is 1.86. The molecule has 2 heterocycles. The molecule has 1 aromatic rings. The van der Waals surface area contributed by atoms with Crippen LogP contribution in [0.2, 0.25) is 0 Å². The van der Waals surface area contributed by atoms with Gasteiger partial charge in [0.15, 0.2) is 5.16 Å². The number of hydrogen-bond acceptors (Lipinski definition) is 6. The van der Waals surface area contributed by atoms with E-state index in [1.807, 2.05) is 12.3 Å². The first kappa shape index (κ1) is 13.4. The highest BCUT2D eigenvalue weighted by Gasteiger charge is 2.19. The van der Waals surface area contributed by atoms with Gasteiger partial charge in [-0.3, -0.25) is 0 Å². The molecule has 1 atom stereocenters. The van der Waals surface area contributed by atoms with Crippen molar-refractivity contribution in [2.75, 3.05) is 42.7 Å². The van der Waals surface area contributed by atoms with E-state index in [4.69, 9.17) is 4.74 Å². The van der Waals surface area contributed by atoms with E-state index in [0.717, 1.165) is 43.0 Å². The molecule has 18 heavy (non-hydrogen) atoms. The number of ether oxygens (including phenoxy) is 1. The van der Waals surface area contributed by atoms with Crippen LogP contribution in [0.3, 0.4) is 0 Å². The molecule has 1 fully saturated rings. The van der Waals surface area contributed by atoms with E-state index in [2.05, 4.69) is 34.0 Å². The van der Waals surface area contributed by atoms with Gasteiger partial charge >= 0.3 is 0 Å². The van der Waals surface area contributed by atoms with Crippen molar-refractivity contribution in [2.45, 2.75) is 25.1 Å². The fourth-order valence-electron chi connectivity index (χ4n) is 1.96. The number of thioether (sulfide) groups is 1. The normalized spacial score (nSPS) is 19.9. The molecule has 0 radical (unpaired) electrons. The number of aromatic nitrogens is 2. The van der Waals surface area contributed by atoms with Gasteiger partial charge in [-0.25, -0.2) is 9.97 Å². The van der Waals surface area contributed by atoms with Gasteiger partial charge in [0.1, 0.15) is 11.6 Å². The lowest BCUT2D eigenvalue weighted by Gasteiger charge is -2.32. The molecule has 0 saturated carbocycles. The zero-order valence-electron chi connectivity index (χ0n) is 11.1. The molecule has 1 unspecified atom stereocenters. The lowest BCUT2D eigenvalue weighted by atomic mass is 10.3. The SMILES string of the molecule is CCNc1cc(N2CCOC(C)C2)nc(SC)n1. The molecule has 1 saturated heterocycles. The van der Waals surface area contributed by atoms with Gasteiger partial charge in [-0.15, -0.1) is 0 Å². The number of rotatable bonds is 4. The maximum Gasteiger partial charge on any atom is 0.191 e. The minimum absolute atomic E-state index is 0.258. The molecular weight excluding hydrogens is 248 g/mol. The first-order valence-electron chi connectivity index (χ1n) is 6.26. The standard InChI is InChI=1S/C12H20N4OS/c1-4-13-10-7-11(15-12(14-10)18-3)16-5-6-17-9(2)8-16/h7,9H,4-6,8H2,1-3H3,(H,13,14,15). The molecule has 1 aliphatic heterocycles. The van der Waals surface area contributed by atoms with Crippen LogP contribution in [-0.4, -0.2) is 48.6 Å². The molecule has 0 aliphatic carbocycles. The second-order valence-corrected chi connectivity index (χ2v) is 5.03. The maximum absolute atomic E-state index is 5.56. The molecule has 0 bridgehead atoms. The van der Waals surface area contributed by atoms with Crippen LogP contribution in [-0.2, 0) is 4.74 Å². The molecule has 6 heteroatoms. The monoisotopic (exact) mass is 268 g/mol. The predicted molar refractivity (Wildman–Crippen MR) is 75.6 cm³/mol. The summed E-state index contributed by atoms with van der Waals surface area (Å²) in [4.78, 5) is 11.3. The zero-order valence-corrected chi connectivity index (χ0v) is 12.0. The Balaban J connectivity index is 2.22. The van der Waals surface area contributed by atoms with E-state index in [-0.39, 0.29) is 6.10 Å². The summed E-state index contributed by atoms with van der Waals surface area (Å²) in [5, 5.41) is 4.06. The molecule has 1 aliphatic rings. The van der Waals surface area contributed by atoms with Crippen molar-refractivity contribution in [3.05, 3.63) is 6.07 Å². The van der Waals surface area contributed by atoms with Crippen molar-refractivity contribution in [3.63, 3.8) is 0 Å². The summed E-state index contributed by atoms with van der Waals surface area (Å²) in [6, 6.07) is 2.02. The summed E-state index contributed by atoms with van der Waals surface area (Å²) in [5.41, 5.74) is 0. The van der Waals surface area contributed by atoms with Crippen LogP contribution in [0.1, 0.15) is 13.8 Å². The van der Waals surface area contributed by atoms with Crippen molar-refractivity contribution < 1.29 is 4.74 Å². The Labute approximate surface area is 112 Å². The summed E-state index contributed by atoms with van der Waals surface area (Å²) < 4.78 is 5.56.